The quantitative estimate of drug-likeness (QED) is 0.602. The van der Waals surface area contributed by atoms with Crippen LogP contribution in [0.15, 0.2) is 24.3 Å². The van der Waals surface area contributed by atoms with Crippen molar-refractivity contribution in [3.63, 3.8) is 0 Å². The first-order chi connectivity index (χ1) is 15.3. The Bertz CT molecular complexity index is 831. The molecule has 2 heterocycles. The molecular formula is C27H39FN2O2. The number of piperidine rings is 1. The van der Waals surface area contributed by atoms with Crippen molar-refractivity contribution in [3.8, 4) is 5.75 Å². The molecule has 1 aromatic rings. The standard InChI is InChI=1S/C27H39FN2O2/c1-27(2,3)30-16-12-20(13-17-30)19-32-25-11-10-23(18-24(25)28)21-6-8-22(9-7-21)26(31)29-14-4-5-15-29/h6,10-11,18,20,22H,4-5,7-9,12-17,19H2,1-3H3. The molecule has 2 saturated heterocycles. The van der Waals surface area contributed by atoms with Crippen LogP contribution in [0, 0.1) is 17.7 Å². The van der Waals surface area contributed by atoms with Gasteiger partial charge in [0.05, 0.1) is 6.61 Å². The third-order valence-electron chi connectivity index (χ3n) is 7.52. The maximum absolute atomic E-state index is 14.8. The Morgan fingerprint density at radius 2 is 1.81 bits per heavy atom. The van der Waals surface area contributed by atoms with E-state index < -0.39 is 0 Å². The lowest BCUT2D eigenvalue weighted by molar-refractivity contribution is -0.134. The fourth-order valence-electron chi connectivity index (χ4n) is 5.31. The van der Waals surface area contributed by atoms with Crippen molar-refractivity contribution < 1.29 is 13.9 Å². The van der Waals surface area contributed by atoms with Crippen LogP contribution in [0.2, 0.25) is 0 Å². The van der Waals surface area contributed by atoms with Crippen LogP contribution in [0.25, 0.3) is 5.57 Å². The lowest BCUT2D eigenvalue weighted by Crippen LogP contribution is -2.46. The average molecular weight is 443 g/mol. The van der Waals surface area contributed by atoms with Crippen molar-refractivity contribution in [1.82, 2.24) is 9.80 Å². The summed E-state index contributed by atoms with van der Waals surface area (Å²) in [6.07, 6.45) is 9.04. The van der Waals surface area contributed by atoms with E-state index in [2.05, 4.69) is 31.7 Å². The number of likely N-dealkylation sites (tertiary alicyclic amines) is 2. The Kier molecular flexibility index (Phi) is 7.24. The van der Waals surface area contributed by atoms with Gasteiger partial charge in [-0.25, -0.2) is 4.39 Å². The number of carbonyl (C=O) groups excluding carboxylic acids is 1. The van der Waals surface area contributed by atoms with E-state index in [1.807, 2.05) is 11.0 Å². The third-order valence-corrected chi connectivity index (χ3v) is 7.52. The Morgan fingerprint density at radius 3 is 2.41 bits per heavy atom. The molecule has 1 aromatic carbocycles. The fourth-order valence-corrected chi connectivity index (χ4v) is 5.31. The molecule has 4 nitrogen and oxygen atoms in total. The molecule has 0 bridgehead atoms. The summed E-state index contributed by atoms with van der Waals surface area (Å²) in [5.74, 6) is 0.949. The highest BCUT2D eigenvalue weighted by atomic mass is 19.1. The molecule has 0 N–H and O–H groups in total. The van der Waals surface area contributed by atoms with Crippen LogP contribution in [0.3, 0.4) is 0 Å². The van der Waals surface area contributed by atoms with Crippen LogP contribution >= 0.6 is 0 Å². The van der Waals surface area contributed by atoms with Gasteiger partial charge in [0.15, 0.2) is 11.6 Å². The second-order valence-corrected chi connectivity index (χ2v) is 10.8. The van der Waals surface area contributed by atoms with E-state index in [-0.39, 0.29) is 17.3 Å². The van der Waals surface area contributed by atoms with Gasteiger partial charge in [0.1, 0.15) is 0 Å². The first kappa shape index (κ1) is 23.3. The second kappa shape index (κ2) is 9.94. The summed E-state index contributed by atoms with van der Waals surface area (Å²) in [4.78, 5) is 17.2. The van der Waals surface area contributed by atoms with E-state index in [1.165, 1.54) is 0 Å². The molecule has 176 valence electrons. The van der Waals surface area contributed by atoms with Crippen LogP contribution in [0.1, 0.15) is 71.3 Å². The third kappa shape index (κ3) is 5.54. The van der Waals surface area contributed by atoms with E-state index in [1.54, 1.807) is 12.1 Å². The normalized spacial score (nSPS) is 23.3. The zero-order valence-corrected chi connectivity index (χ0v) is 20.0. The number of nitrogens with zero attached hydrogens (tertiary/aromatic N) is 2. The van der Waals surface area contributed by atoms with Gasteiger partial charge in [-0.1, -0.05) is 12.1 Å². The van der Waals surface area contributed by atoms with Crippen LogP contribution < -0.4 is 4.74 Å². The molecule has 4 rings (SSSR count). The molecular weight excluding hydrogens is 403 g/mol. The lowest BCUT2D eigenvalue weighted by Gasteiger charge is -2.40. The Balaban J connectivity index is 1.28. The zero-order valence-electron chi connectivity index (χ0n) is 20.0. The smallest absolute Gasteiger partial charge is 0.226 e. The van der Waals surface area contributed by atoms with Gasteiger partial charge in [0.2, 0.25) is 5.91 Å². The van der Waals surface area contributed by atoms with E-state index in [0.29, 0.717) is 24.2 Å². The first-order valence-electron chi connectivity index (χ1n) is 12.5. The Hall–Kier alpha value is -1.88. The minimum Gasteiger partial charge on any atom is -0.490 e. The highest BCUT2D eigenvalue weighted by Gasteiger charge is 2.29. The summed E-state index contributed by atoms with van der Waals surface area (Å²) in [6.45, 7) is 11.3. The number of carbonyl (C=O) groups is 1. The monoisotopic (exact) mass is 442 g/mol. The van der Waals surface area contributed by atoms with E-state index in [0.717, 1.165) is 82.3 Å². The van der Waals surface area contributed by atoms with Gasteiger partial charge in [-0.05, 0) is 108 Å². The van der Waals surface area contributed by atoms with Crippen molar-refractivity contribution in [2.75, 3.05) is 32.8 Å². The zero-order chi connectivity index (χ0) is 22.7. The summed E-state index contributed by atoms with van der Waals surface area (Å²) in [6, 6.07) is 5.35. The van der Waals surface area contributed by atoms with Gasteiger partial charge in [-0.15, -0.1) is 0 Å². The summed E-state index contributed by atoms with van der Waals surface area (Å²) in [5.41, 5.74) is 2.28. The lowest BCUT2D eigenvalue weighted by atomic mass is 9.86. The van der Waals surface area contributed by atoms with Crippen molar-refractivity contribution >= 4 is 11.5 Å². The molecule has 0 radical (unpaired) electrons. The molecule has 3 aliphatic rings. The van der Waals surface area contributed by atoms with Crippen LogP contribution in [0.4, 0.5) is 4.39 Å². The highest BCUT2D eigenvalue weighted by molar-refractivity contribution is 5.81. The molecule has 1 amide bonds. The molecule has 5 heteroatoms. The number of halogens is 1. The predicted molar refractivity (Wildman–Crippen MR) is 127 cm³/mol. The molecule has 0 saturated carbocycles. The Morgan fingerprint density at radius 1 is 1.09 bits per heavy atom. The molecule has 32 heavy (non-hydrogen) atoms. The van der Waals surface area contributed by atoms with Crippen LogP contribution in [0.5, 0.6) is 5.75 Å². The van der Waals surface area contributed by atoms with Crippen molar-refractivity contribution in [1.29, 1.82) is 0 Å². The number of allylic oxidation sites excluding steroid dienone is 2. The van der Waals surface area contributed by atoms with Crippen molar-refractivity contribution in [3.05, 3.63) is 35.7 Å². The molecule has 0 spiro atoms. The van der Waals surface area contributed by atoms with Crippen molar-refractivity contribution in [2.24, 2.45) is 11.8 Å². The molecule has 0 aromatic heterocycles. The fraction of sp³-hybridized carbons (Fsp3) is 0.667. The average Bonchev–Trinajstić information content (AvgIpc) is 3.32. The number of hydrogen-bond donors (Lipinski definition) is 0. The number of amides is 1. The molecule has 2 fully saturated rings. The van der Waals surface area contributed by atoms with Gasteiger partial charge in [-0.3, -0.25) is 9.69 Å². The molecule has 2 aliphatic heterocycles. The minimum atomic E-state index is -0.286. The predicted octanol–water partition coefficient (Wildman–Crippen LogP) is 5.52. The summed E-state index contributed by atoms with van der Waals surface area (Å²) < 4.78 is 20.6. The number of hydrogen-bond acceptors (Lipinski definition) is 3. The molecule has 1 unspecified atom stereocenters. The van der Waals surface area contributed by atoms with E-state index in [9.17, 15) is 9.18 Å². The second-order valence-electron chi connectivity index (χ2n) is 10.8. The van der Waals surface area contributed by atoms with E-state index >= 15 is 0 Å². The summed E-state index contributed by atoms with van der Waals surface area (Å²) in [5, 5.41) is 0. The van der Waals surface area contributed by atoms with Gasteiger partial charge in [0, 0.05) is 24.5 Å². The van der Waals surface area contributed by atoms with E-state index in [4.69, 9.17) is 4.74 Å². The number of ether oxygens (including phenoxy) is 1. The van der Waals surface area contributed by atoms with Gasteiger partial charge in [0.25, 0.3) is 0 Å². The molecule has 1 atom stereocenters. The molecule has 1 aliphatic carbocycles. The highest BCUT2D eigenvalue weighted by Crippen LogP contribution is 2.34. The largest absolute Gasteiger partial charge is 0.490 e. The summed E-state index contributed by atoms with van der Waals surface area (Å²) in [7, 11) is 0. The van der Waals surface area contributed by atoms with Gasteiger partial charge >= 0.3 is 0 Å². The topological polar surface area (TPSA) is 32.8 Å². The summed E-state index contributed by atoms with van der Waals surface area (Å²) >= 11 is 0. The minimum absolute atomic E-state index is 0.0917. The number of benzene rings is 1. The maximum Gasteiger partial charge on any atom is 0.226 e. The first-order valence-corrected chi connectivity index (χ1v) is 12.5. The van der Waals surface area contributed by atoms with Crippen LogP contribution in [-0.2, 0) is 4.79 Å². The SMILES string of the molecule is CC(C)(C)N1CCC(COc2ccc(C3=CCC(C(=O)N4CCCC4)CC3)cc2F)CC1. The van der Waals surface area contributed by atoms with Gasteiger partial charge < -0.3 is 9.64 Å². The maximum atomic E-state index is 14.8. The van der Waals surface area contributed by atoms with Gasteiger partial charge in [-0.2, -0.15) is 0 Å². The van der Waals surface area contributed by atoms with Crippen molar-refractivity contribution in [2.45, 2.75) is 71.3 Å². The Labute approximate surface area is 192 Å². The number of rotatable bonds is 5. The van der Waals surface area contributed by atoms with Crippen LogP contribution in [-0.4, -0.2) is 54.0 Å².